The standard InChI is InChI=1S/C19H20FN3S/c1-12-4-3-5-15(10-12)23-19(24)21-9-8-16-13(2)22-18-7-6-14(20)11-17(16)18/h3-7,10-11,22H,8-9H2,1-2H3,(H2,21,23,24). The minimum Gasteiger partial charge on any atom is -0.362 e. The first kappa shape index (κ1) is 16.5. The second-order valence-corrected chi connectivity index (χ2v) is 6.33. The molecule has 5 heteroatoms. The Morgan fingerprint density at radius 3 is 2.79 bits per heavy atom. The predicted octanol–water partition coefficient (Wildman–Crippen LogP) is 4.45. The highest BCUT2D eigenvalue weighted by atomic mass is 32.1. The Morgan fingerprint density at radius 2 is 2.00 bits per heavy atom. The molecule has 0 aliphatic rings. The van der Waals surface area contributed by atoms with Crippen molar-refractivity contribution in [2.24, 2.45) is 0 Å². The van der Waals surface area contributed by atoms with Gasteiger partial charge in [-0.3, -0.25) is 0 Å². The molecule has 0 unspecified atom stereocenters. The molecular weight excluding hydrogens is 321 g/mol. The molecule has 0 atom stereocenters. The number of rotatable bonds is 4. The zero-order valence-corrected chi connectivity index (χ0v) is 14.6. The van der Waals surface area contributed by atoms with Crippen LogP contribution in [-0.2, 0) is 6.42 Å². The van der Waals surface area contributed by atoms with Gasteiger partial charge in [0, 0.05) is 28.8 Å². The average Bonchev–Trinajstić information content (AvgIpc) is 2.83. The van der Waals surface area contributed by atoms with E-state index in [1.807, 2.05) is 38.1 Å². The zero-order valence-electron chi connectivity index (χ0n) is 13.7. The summed E-state index contributed by atoms with van der Waals surface area (Å²) in [5, 5.41) is 7.91. The van der Waals surface area contributed by atoms with Crippen molar-refractivity contribution < 1.29 is 4.39 Å². The molecule has 0 aliphatic heterocycles. The number of hydrogen-bond acceptors (Lipinski definition) is 1. The quantitative estimate of drug-likeness (QED) is 0.614. The molecule has 24 heavy (non-hydrogen) atoms. The number of nitrogens with one attached hydrogen (secondary N) is 3. The van der Waals surface area contributed by atoms with E-state index in [0.717, 1.165) is 34.3 Å². The zero-order chi connectivity index (χ0) is 17.1. The molecular formula is C19H20FN3S. The maximum atomic E-state index is 13.5. The van der Waals surface area contributed by atoms with E-state index in [4.69, 9.17) is 12.2 Å². The van der Waals surface area contributed by atoms with Gasteiger partial charge < -0.3 is 15.6 Å². The number of thiocarbonyl (C=S) groups is 1. The highest BCUT2D eigenvalue weighted by molar-refractivity contribution is 7.80. The van der Waals surface area contributed by atoms with Crippen LogP contribution in [0.2, 0.25) is 0 Å². The van der Waals surface area contributed by atoms with Crippen molar-refractivity contribution >= 4 is 33.9 Å². The summed E-state index contributed by atoms with van der Waals surface area (Å²) in [7, 11) is 0. The molecule has 1 aromatic heterocycles. The number of benzene rings is 2. The Balaban J connectivity index is 1.61. The van der Waals surface area contributed by atoms with E-state index in [1.165, 1.54) is 11.6 Å². The first-order chi connectivity index (χ1) is 11.5. The summed E-state index contributed by atoms with van der Waals surface area (Å²) < 4.78 is 13.5. The molecule has 1 heterocycles. The Morgan fingerprint density at radius 1 is 1.17 bits per heavy atom. The number of anilines is 1. The Kier molecular flexibility index (Phi) is 4.81. The van der Waals surface area contributed by atoms with Crippen molar-refractivity contribution in [3.8, 4) is 0 Å². The molecule has 0 aliphatic carbocycles. The molecule has 0 radical (unpaired) electrons. The van der Waals surface area contributed by atoms with E-state index in [0.29, 0.717) is 11.7 Å². The van der Waals surface area contributed by atoms with Crippen LogP contribution < -0.4 is 10.6 Å². The van der Waals surface area contributed by atoms with Crippen LogP contribution in [0.3, 0.4) is 0 Å². The molecule has 124 valence electrons. The van der Waals surface area contributed by atoms with E-state index in [1.54, 1.807) is 12.1 Å². The monoisotopic (exact) mass is 341 g/mol. The van der Waals surface area contributed by atoms with E-state index in [-0.39, 0.29) is 5.82 Å². The fraction of sp³-hybridized carbons (Fsp3) is 0.211. The lowest BCUT2D eigenvalue weighted by Crippen LogP contribution is -2.30. The maximum Gasteiger partial charge on any atom is 0.170 e. The van der Waals surface area contributed by atoms with Gasteiger partial charge in [0.2, 0.25) is 0 Å². The lowest BCUT2D eigenvalue weighted by Gasteiger charge is -2.11. The summed E-state index contributed by atoms with van der Waals surface area (Å²) in [6, 6.07) is 12.9. The minimum absolute atomic E-state index is 0.215. The first-order valence-electron chi connectivity index (χ1n) is 7.91. The lowest BCUT2D eigenvalue weighted by molar-refractivity contribution is 0.629. The number of fused-ring (bicyclic) bond motifs is 1. The largest absolute Gasteiger partial charge is 0.362 e. The highest BCUT2D eigenvalue weighted by Crippen LogP contribution is 2.23. The van der Waals surface area contributed by atoms with E-state index in [9.17, 15) is 4.39 Å². The van der Waals surface area contributed by atoms with E-state index >= 15 is 0 Å². The topological polar surface area (TPSA) is 39.8 Å². The van der Waals surface area contributed by atoms with Gasteiger partial charge in [-0.15, -0.1) is 0 Å². The third kappa shape index (κ3) is 3.74. The van der Waals surface area contributed by atoms with Gasteiger partial charge in [0.05, 0.1) is 0 Å². The van der Waals surface area contributed by atoms with Gasteiger partial charge in [-0.25, -0.2) is 4.39 Å². The highest BCUT2D eigenvalue weighted by Gasteiger charge is 2.09. The number of aryl methyl sites for hydroxylation is 2. The number of aromatic nitrogens is 1. The molecule has 3 aromatic rings. The number of H-pyrrole nitrogens is 1. The normalized spacial score (nSPS) is 10.8. The van der Waals surface area contributed by atoms with Crippen LogP contribution in [-0.4, -0.2) is 16.6 Å². The average molecular weight is 341 g/mol. The fourth-order valence-corrected chi connectivity index (χ4v) is 3.10. The van der Waals surface area contributed by atoms with Crippen LogP contribution in [0.15, 0.2) is 42.5 Å². The van der Waals surface area contributed by atoms with Crippen molar-refractivity contribution in [1.29, 1.82) is 0 Å². The molecule has 0 bridgehead atoms. The summed E-state index contributed by atoms with van der Waals surface area (Å²) in [5.41, 5.74) is 5.30. The van der Waals surface area contributed by atoms with Crippen LogP contribution in [0.5, 0.6) is 0 Å². The number of aromatic amines is 1. The van der Waals surface area contributed by atoms with Crippen molar-refractivity contribution in [1.82, 2.24) is 10.3 Å². The maximum absolute atomic E-state index is 13.5. The number of hydrogen-bond donors (Lipinski definition) is 3. The third-order valence-corrected chi connectivity index (χ3v) is 4.26. The van der Waals surface area contributed by atoms with Gasteiger partial charge in [0.15, 0.2) is 5.11 Å². The molecule has 0 spiro atoms. The van der Waals surface area contributed by atoms with E-state index < -0.39 is 0 Å². The summed E-state index contributed by atoms with van der Waals surface area (Å²) in [6.07, 6.45) is 0.769. The third-order valence-electron chi connectivity index (χ3n) is 4.02. The van der Waals surface area contributed by atoms with Crippen molar-refractivity contribution in [3.63, 3.8) is 0 Å². The van der Waals surface area contributed by atoms with Gasteiger partial charge >= 0.3 is 0 Å². The molecule has 0 saturated carbocycles. The molecule has 3 nitrogen and oxygen atoms in total. The molecule has 0 fully saturated rings. The minimum atomic E-state index is -0.215. The Hall–Kier alpha value is -2.40. The molecule has 3 rings (SSSR count). The van der Waals surface area contributed by atoms with Gasteiger partial charge in [-0.05, 0) is 73.9 Å². The van der Waals surface area contributed by atoms with Gasteiger partial charge in [-0.1, -0.05) is 12.1 Å². The summed E-state index contributed by atoms with van der Waals surface area (Å²) in [5.74, 6) is -0.215. The molecule has 0 amide bonds. The molecule has 2 aromatic carbocycles. The van der Waals surface area contributed by atoms with Crippen LogP contribution in [0.4, 0.5) is 10.1 Å². The Bertz CT molecular complexity index is 885. The van der Waals surface area contributed by atoms with Crippen molar-refractivity contribution in [2.75, 3.05) is 11.9 Å². The predicted molar refractivity (Wildman–Crippen MR) is 102 cm³/mol. The molecule has 3 N–H and O–H groups in total. The van der Waals surface area contributed by atoms with Crippen LogP contribution in [0.1, 0.15) is 16.8 Å². The van der Waals surface area contributed by atoms with Crippen molar-refractivity contribution in [3.05, 3.63) is 65.1 Å². The molecule has 0 saturated heterocycles. The van der Waals surface area contributed by atoms with Crippen LogP contribution >= 0.6 is 12.2 Å². The fourth-order valence-electron chi connectivity index (χ4n) is 2.88. The van der Waals surface area contributed by atoms with Gasteiger partial charge in [0.25, 0.3) is 0 Å². The second kappa shape index (κ2) is 7.01. The Labute approximate surface area is 146 Å². The summed E-state index contributed by atoms with van der Waals surface area (Å²) in [4.78, 5) is 3.30. The summed E-state index contributed by atoms with van der Waals surface area (Å²) >= 11 is 5.33. The smallest absolute Gasteiger partial charge is 0.170 e. The summed E-state index contributed by atoms with van der Waals surface area (Å²) in [6.45, 7) is 4.74. The van der Waals surface area contributed by atoms with Gasteiger partial charge in [0.1, 0.15) is 5.82 Å². The first-order valence-corrected chi connectivity index (χ1v) is 8.32. The second-order valence-electron chi connectivity index (χ2n) is 5.92. The van der Waals surface area contributed by atoms with Gasteiger partial charge in [-0.2, -0.15) is 0 Å². The van der Waals surface area contributed by atoms with E-state index in [2.05, 4.69) is 15.6 Å². The van der Waals surface area contributed by atoms with Crippen LogP contribution in [0.25, 0.3) is 10.9 Å². The lowest BCUT2D eigenvalue weighted by atomic mass is 10.1. The van der Waals surface area contributed by atoms with Crippen LogP contribution in [0, 0.1) is 19.7 Å². The SMILES string of the molecule is Cc1cccc(NC(=S)NCCc2c(C)[nH]c3ccc(F)cc23)c1. The van der Waals surface area contributed by atoms with Crippen molar-refractivity contribution in [2.45, 2.75) is 20.3 Å². The number of halogens is 1.